The summed E-state index contributed by atoms with van der Waals surface area (Å²) in [5.41, 5.74) is 1.88. The molecule has 0 amide bonds. The molecule has 0 radical (unpaired) electrons. The lowest BCUT2D eigenvalue weighted by Gasteiger charge is -2.01. The van der Waals surface area contributed by atoms with Crippen LogP contribution in [-0.4, -0.2) is 29.2 Å². The fourth-order valence-electron chi connectivity index (χ4n) is 1.54. The van der Waals surface area contributed by atoms with Gasteiger partial charge in [0.25, 0.3) is 0 Å². The van der Waals surface area contributed by atoms with Crippen LogP contribution in [0.3, 0.4) is 0 Å². The fraction of sp³-hybridized carbons (Fsp3) is 0.167. The van der Waals surface area contributed by atoms with Gasteiger partial charge in [-0.25, -0.2) is 4.79 Å². The van der Waals surface area contributed by atoms with Crippen LogP contribution in [0, 0.1) is 11.8 Å². The van der Waals surface area contributed by atoms with Crippen LogP contribution in [-0.2, 0) is 4.74 Å². The summed E-state index contributed by atoms with van der Waals surface area (Å²) in [6.45, 7) is 0. The van der Waals surface area contributed by atoms with Gasteiger partial charge in [0.1, 0.15) is 0 Å². The summed E-state index contributed by atoms with van der Waals surface area (Å²) in [5.74, 6) is 5.43. The van der Waals surface area contributed by atoms with Crippen molar-refractivity contribution in [3.05, 3.63) is 29.5 Å². The highest BCUT2D eigenvalue weighted by Gasteiger charge is 2.12. The minimum atomic E-state index is -0.411. The highest BCUT2D eigenvalue weighted by Crippen LogP contribution is 2.19. The molecule has 0 aliphatic heterocycles. The molecule has 0 spiro atoms. The van der Waals surface area contributed by atoms with Gasteiger partial charge in [0.05, 0.1) is 30.3 Å². The fourth-order valence-corrected chi connectivity index (χ4v) is 1.60. The van der Waals surface area contributed by atoms with E-state index in [9.17, 15) is 4.79 Å². The summed E-state index contributed by atoms with van der Waals surface area (Å²) >= 11 is 5.49. The second kappa shape index (κ2) is 4.89. The quantitative estimate of drug-likeness (QED) is 0.477. The summed E-state index contributed by atoms with van der Waals surface area (Å²) in [6.07, 6.45) is 1.58. The minimum absolute atomic E-state index is 0.245. The second-order valence-electron chi connectivity index (χ2n) is 3.28. The van der Waals surface area contributed by atoms with E-state index in [0.29, 0.717) is 16.5 Å². The number of aromatic nitrogens is 2. The molecule has 1 aromatic carbocycles. The maximum atomic E-state index is 11.6. The number of hydrogen-bond acceptors (Lipinski definition) is 3. The van der Waals surface area contributed by atoms with Crippen molar-refractivity contribution in [3.8, 4) is 11.8 Å². The molecule has 17 heavy (non-hydrogen) atoms. The molecule has 5 heteroatoms. The lowest BCUT2D eigenvalue weighted by atomic mass is 10.1. The van der Waals surface area contributed by atoms with Crippen LogP contribution >= 0.6 is 11.6 Å². The zero-order chi connectivity index (χ0) is 12.3. The van der Waals surface area contributed by atoms with Crippen LogP contribution in [0.4, 0.5) is 0 Å². The molecule has 0 saturated carbocycles. The maximum Gasteiger partial charge on any atom is 0.338 e. The summed E-state index contributed by atoms with van der Waals surface area (Å²) < 4.78 is 4.72. The predicted molar refractivity (Wildman–Crippen MR) is 65.0 cm³/mol. The Morgan fingerprint density at radius 1 is 1.59 bits per heavy atom. The average molecular weight is 249 g/mol. The van der Waals surface area contributed by atoms with Gasteiger partial charge in [-0.3, -0.25) is 5.10 Å². The molecule has 0 atom stereocenters. The smallest absolute Gasteiger partial charge is 0.338 e. The first kappa shape index (κ1) is 11.5. The number of aromatic amines is 1. The van der Waals surface area contributed by atoms with Gasteiger partial charge in [0, 0.05) is 10.9 Å². The molecule has 2 rings (SSSR count). The number of rotatable bonds is 1. The molecule has 4 nitrogen and oxygen atoms in total. The van der Waals surface area contributed by atoms with E-state index >= 15 is 0 Å². The molecule has 0 unspecified atom stereocenters. The Kier molecular flexibility index (Phi) is 3.31. The van der Waals surface area contributed by atoms with E-state index in [4.69, 9.17) is 16.3 Å². The normalized spacial score (nSPS) is 9.76. The molecular formula is C12H9ClN2O2. The highest BCUT2D eigenvalue weighted by molar-refractivity contribution is 6.19. The van der Waals surface area contributed by atoms with E-state index in [1.54, 1.807) is 12.3 Å². The van der Waals surface area contributed by atoms with E-state index in [1.807, 2.05) is 6.07 Å². The highest BCUT2D eigenvalue weighted by atomic mass is 35.5. The number of benzene rings is 1. The van der Waals surface area contributed by atoms with E-state index in [1.165, 1.54) is 7.11 Å². The number of methoxy groups -OCH3 is 1. The predicted octanol–water partition coefficient (Wildman–Crippen LogP) is 1.94. The minimum Gasteiger partial charge on any atom is -0.465 e. The third-order valence-electron chi connectivity index (χ3n) is 2.26. The molecule has 0 aliphatic rings. The number of ether oxygens (including phenoxy) is 1. The summed E-state index contributed by atoms with van der Waals surface area (Å²) in [5, 5.41) is 7.41. The van der Waals surface area contributed by atoms with Crippen LogP contribution in [0.5, 0.6) is 0 Å². The van der Waals surface area contributed by atoms with Crippen molar-refractivity contribution in [2.45, 2.75) is 0 Å². The first-order valence-electron chi connectivity index (χ1n) is 4.86. The van der Waals surface area contributed by atoms with Crippen LogP contribution in [0.15, 0.2) is 18.3 Å². The van der Waals surface area contributed by atoms with Crippen molar-refractivity contribution in [3.63, 3.8) is 0 Å². The van der Waals surface area contributed by atoms with Crippen molar-refractivity contribution in [2.24, 2.45) is 0 Å². The number of carbonyl (C=O) groups is 1. The zero-order valence-corrected chi connectivity index (χ0v) is 9.84. The van der Waals surface area contributed by atoms with Crippen LogP contribution < -0.4 is 0 Å². The van der Waals surface area contributed by atoms with Gasteiger partial charge in [-0.05, 0) is 12.1 Å². The number of nitrogens with zero attached hydrogens (tertiary/aromatic N) is 1. The lowest BCUT2D eigenvalue weighted by molar-refractivity contribution is 0.0603. The van der Waals surface area contributed by atoms with Gasteiger partial charge in [0.15, 0.2) is 0 Å². The lowest BCUT2D eigenvalue weighted by Crippen LogP contribution is -2.02. The Bertz CT molecular complexity index is 622. The number of nitrogens with one attached hydrogen (secondary N) is 1. The van der Waals surface area contributed by atoms with Crippen molar-refractivity contribution >= 4 is 28.5 Å². The Hall–Kier alpha value is -1.99. The van der Waals surface area contributed by atoms with Gasteiger partial charge in [0.2, 0.25) is 0 Å². The van der Waals surface area contributed by atoms with Gasteiger partial charge >= 0.3 is 5.97 Å². The molecule has 86 valence electrons. The third kappa shape index (κ3) is 2.24. The van der Waals surface area contributed by atoms with Gasteiger partial charge in [-0.15, -0.1) is 11.6 Å². The van der Waals surface area contributed by atoms with Crippen molar-refractivity contribution < 1.29 is 9.53 Å². The number of alkyl halides is 1. The Balaban J connectivity index is 2.62. The SMILES string of the molecule is COC(=O)c1cc(C#CCCl)cc2[nH]ncc12. The van der Waals surface area contributed by atoms with Gasteiger partial charge in [-0.2, -0.15) is 5.10 Å². The van der Waals surface area contributed by atoms with Crippen LogP contribution in [0.2, 0.25) is 0 Å². The maximum absolute atomic E-state index is 11.6. The third-order valence-corrected chi connectivity index (χ3v) is 2.40. The second-order valence-corrected chi connectivity index (χ2v) is 3.55. The van der Waals surface area contributed by atoms with E-state index in [2.05, 4.69) is 22.0 Å². The molecule has 0 fully saturated rings. The van der Waals surface area contributed by atoms with Gasteiger partial charge < -0.3 is 4.74 Å². The number of halogens is 1. The van der Waals surface area contributed by atoms with Crippen molar-refractivity contribution in [1.82, 2.24) is 10.2 Å². The first-order valence-corrected chi connectivity index (χ1v) is 5.40. The molecule has 0 bridgehead atoms. The summed E-state index contributed by atoms with van der Waals surface area (Å²) in [7, 11) is 1.34. The Morgan fingerprint density at radius 3 is 3.12 bits per heavy atom. The number of esters is 1. The Morgan fingerprint density at radius 2 is 2.41 bits per heavy atom. The van der Waals surface area contributed by atoms with Crippen molar-refractivity contribution in [2.75, 3.05) is 13.0 Å². The molecule has 0 saturated heterocycles. The van der Waals surface area contributed by atoms with Crippen LogP contribution in [0.25, 0.3) is 10.9 Å². The van der Waals surface area contributed by atoms with E-state index in [-0.39, 0.29) is 5.88 Å². The van der Waals surface area contributed by atoms with E-state index < -0.39 is 5.97 Å². The standard InChI is InChI=1S/C12H9ClN2O2/c1-17-12(16)9-5-8(3-2-4-13)6-11-10(9)7-14-15-11/h5-7H,4H2,1H3,(H,14,15). The Labute approximate surface area is 103 Å². The van der Waals surface area contributed by atoms with Crippen LogP contribution in [0.1, 0.15) is 15.9 Å². The van der Waals surface area contributed by atoms with E-state index in [0.717, 1.165) is 5.52 Å². The topological polar surface area (TPSA) is 55.0 Å². The average Bonchev–Trinajstić information content (AvgIpc) is 2.82. The number of hydrogen-bond donors (Lipinski definition) is 1. The number of fused-ring (bicyclic) bond motifs is 1. The number of H-pyrrole nitrogens is 1. The summed E-state index contributed by atoms with van der Waals surface area (Å²) in [6, 6.07) is 3.48. The molecule has 1 heterocycles. The molecule has 2 aromatic rings. The monoisotopic (exact) mass is 248 g/mol. The largest absolute Gasteiger partial charge is 0.465 e. The van der Waals surface area contributed by atoms with Gasteiger partial charge in [-0.1, -0.05) is 11.8 Å². The zero-order valence-electron chi connectivity index (χ0n) is 9.08. The van der Waals surface area contributed by atoms with Crippen molar-refractivity contribution in [1.29, 1.82) is 0 Å². The molecular weight excluding hydrogens is 240 g/mol. The molecule has 0 aliphatic carbocycles. The molecule has 1 N–H and O–H groups in total. The summed E-state index contributed by atoms with van der Waals surface area (Å²) in [4.78, 5) is 11.6. The molecule has 1 aromatic heterocycles. The number of carbonyl (C=O) groups excluding carboxylic acids is 1. The first-order chi connectivity index (χ1) is 8.26.